The molecule has 1 amide bonds. The first-order chi connectivity index (χ1) is 14.7. The van der Waals surface area contributed by atoms with Crippen molar-refractivity contribution in [3.8, 4) is 0 Å². The van der Waals surface area contributed by atoms with E-state index >= 15 is 0 Å². The second kappa shape index (κ2) is 9.18. The molecule has 0 saturated carbocycles. The van der Waals surface area contributed by atoms with Gasteiger partial charge in [0.05, 0.1) is 4.90 Å². The van der Waals surface area contributed by atoms with Gasteiger partial charge in [0.15, 0.2) is 0 Å². The van der Waals surface area contributed by atoms with Gasteiger partial charge in [-0.25, -0.2) is 8.42 Å². The van der Waals surface area contributed by atoms with Gasteiger partial charge in [-0.2, -0.15) is 0 Å². The molecular formula is C23H25N3O4S. The highest BCUT2D eigenvalue weighted by Crippen LogP contribution is 2.14. The van der Waals surface area contributed by atoms with Crippen molar-refractivity contribution in [2.24, 2.45) is 0 Å². The van der Waals surface area contributed by atoms with Gasteiger partial charge in [-0.1, -0.05) is 42.0 Å². The third kappa shape index (κ3) is 5.40. The Morgan fingerprint density at radius 2 is 1.68 bits per heavy atom. The zero-order valence-electron chi connectivity index (χ0n) is 17.7. The first kappa shape index (κ1) is 22.3. The molecule has 0 aliphatic carbocycles. The molecule has 8 heteroatoms. The molecule has 2 aromatic carbocycles. The molecule has 0 aliphatic rings. The first-order valence-electron chi connectivity index (χ1n) is 9.78. The average Bonchev–Trinajstić information content (AvgIpc) is 2.74. The quantitative estimate of drug-likeness (QED) is 0.592. The van der Waals surface area contributed by atoms with Gasteiger partial charge in [0, 0.05) is 12.2 Å². The number of benzene rings is 2. The Balaban J connectivity index is 1.77. The highest BCUT2D eigenvalue weighted by molar-refractivity contribution is 7.92. The number of sulfonamides is 1. The second-order valence-corrected chi connectivity index (χ2v) is 9.09. The van der Waals surface area contributed by atoms with Gasteiger partial charge in [-0.15, -0.1) is 0 Å². The summed E-state index contributed by atoms with van der Waals surface area (Å²) >= 11 is 0. The third-order valence-corrected chi connectivity index (χ3v) is 6.35. The van der Waals surface area contributed by atoms with Crippen LogP contribution in [-0.4, -0.2) is 18.9 Å². The maximum Gasteiger partial charge on any atom is 0.275 e. The standard InChI is InChI=1S/C23H25N3O4S/c1-16-9-10-17(2)19(13-16)14-24-22(27)15-26-18(3)11-12-21(23(26)28)25-31(29,30)20-7-5-4-6-8-20/h4-13,25H,14-15H2,1-3H3,(H,24,27). The van der Waals surface area contributed by atoms with E-state index in [-0.39, 0.29) is 23.0 Å². The average molecular weight is 440 g/mol. The van der Waals surface area contributed by atoms with Gasteiger partial charge in [0.25, 0.3) is 15.6 Å². The Hall–Kier alpha value is -3.39. The summed E-state index contributed by atoms with van der Waals surface area (Å²) in [5.41, 5.74) is 3.02. The zero-order valence-corrected chi connectivity index (χ0v) is 18.5. The normalized spacial score (nSPS) is 11.2. The minimum atomic E-state index is -3.91. The monoisotopic (exact) mass is 439 g/mol. The van der Waals surface area contributed by atoms with Gasteiger partial charge >= 0.3 is 0 Å². The lowest BCUT2D eigenvalue weighted by molar-refractivity contribution is -0.121. The van der Waals surface area contributed by atoms with Crippen molar-refractivity contribution in [3.05, 3.63) is 93.4 Å². The van der Waals surface area contributed by atoms with E-state index in [4.69, 9.17) is 0 Å². The molecule has 0 saturated heterocycles. The number of rotatable bonds is 7. The fourth-order valence-corrected chi connectivity index (χ4v) is 4.21. The highest BCUT2D eigenvalue weighted by Gasteiger charge is 2.17. The SMILES string of the molecule is Cc1ccc(C)c(CNC(=O)Cn2c(C)ccc(NS(=O)(=O)c3ccccc3)c2=O)c1. The number of hydrogen-bond acceptors (Lipinski definition) is 4. The van der Waals surface area contributed by atoms with E-state index in [0.29, 0.717) is 12.2 Å². The number of pyridine rings is 1. The summed E-state index contributed by atoms with van der Waals surface area (Å²) in [6.45, 7) is 5.78. The minimum Gasteiger partial charge on any atom is -0.350 e. The molecule has 3 rings (SSSR count). The summed E-state index contributed by atoms with van der Waals surface area (Å²) in [5, 5.41) is 2.83. The molecule has 3 aromatic rings. The Morgan fingerprint density at radius 3 is 2.39 bits per heavy atom. The lowest BCUT2D eigenvalue weighted by Gasteiger charge is -2.14. The minimum absolute atomic E-state index is 0.0489. The summed E-state index contributed by atoms with van der Waals surface area (Å²) < 4.78 is 28.7. The molecule has 1 aromatic heterocycles. The molecule has 31 heavy (non-hydrogen) atoms. The molecular weight excluding hydrogens is 414 g/mol. The van der Waals surface area contributed by atoms with E-state index in [2.05, 4.69) is 10.0 Å². The molecule has 0 fully saturated rings. The number of hydrogen-bond donors (Lipinski definition) is 2. The summed E-state index contributed by atoms with van der Waals surface area (Å²) in [5.74, 6) is -0.339. The van der Waals surface area contributed by atoms with Crippen molar-refractivity contribution in [3.63, 3.8) is 0 Å². The first-order valence-corrected chi connectivity index (χ1v) is 11.3. The van der Waals surface area contributed by atoms with E-state index in [1.807, 2.05) is 32.0 Å². The van der Waals surface area contributed by atoms with Crippen LogP contribution in [0.2, 0.25) is 0 Å². The maximum atomic E-state index is 12.9. The van der Waals surface area contributed by atoms with Crippen LogP contribution < -0.4 is 15.6 Å². The predicted molar refractivity (Wildman–Crippen MR) is 120 cm³/mol. The van der Waals surface area contributed by atoms with E-state index in [1.165, 1.54) is 22.8 Å². The van der Waals surface area contributed by atoms with Gasteiger partial charge in [0.2, 0.25) is 5.91 Å². The van der Waals surface area contributed by atoms with E-state index in [1.54, 1.807) is 31.2 Å². The summed E-state index contributed by atoms with van der Waals surface area (Å²) in [4.78, 5) is 25.4. The number of carbonyl (C=O) groups is 1. The van der Waals surface area contributed by atoms with Crippen molar-refractivity contribution in [2.75, 3.05) is 4.72 Å². The summed E-state index contributed by atoms with van der Waals surface area (Å²) in [7, 11) is -3.91. The Labute approximate surface area is 181 Å². The number of aryl methyl sites for hydroxylation is 3. The predicted octanol–water partition coefficient (Wildman–Crippen LogP) is 2.89. The molecule has 2 N–H and O–H groups in total. The number of anilines is 1. The van der Waals surface area contributed by atoms with Crippen LogP contribution in [0.3, 0.4) is 0 Å². The van der Waals surface area contributed by atoms with Crippen LogP contribution in [0.5, 0.6) is 0 Å². The number of aromatic nitrogens is 1. The zero-order chi connectivity index (χ0) is 22.6. The van der Waals surface area contributed by atoms with Crippen LogP contribution in [0.15, 0.2) is 70.4 Å². The molecule has 162 valence electrons. The van der Waals surface area contributed by atoms with Gasteiger partial charge in [-0.05, 0) is 56.2 Å². The van der Waals surface area contributed by atoms with E-state index in [9.17, 15) is 18.0 Å². The highest BCUT2D eigenvalue weighted by atomic mass is 32.2. The van der Waals surface area contributed by atoms with Crippen molar-refractivity contribution in [2.45, 2.75) is 38.8 Å². The fraction of sp³-hybridized carbons (Fsp3) is 0.217. The Morgan fingerprint density at radius 1 is 0.968 bits per heavy atom. The van der Waals surface area contributed by atoms with Gasteiger partial charge in [-0.3, -0.25) is 14.3 Å². The number of nitrogens with one attached hydrogen (secondary N) is 2. The summed E-state index contributed by atoms with van der Waals surface area (Å²) in [6.07, 6.45) is 0. The van der Waals surface area contributed by atoms with Crippen molar-refractivity contribution in [1.29, 1.82) is 0 Å². The lowest BCUT2D eigenvalue weighted by atomic mass is 10.1. The van der Waals surface area contributed by atoms with Crippen LogP contribution >= 0.6 is 0 Å². The van der Waals surface area contributed by atoms with Crippen LogP contribution in [0, 0.1) is 20.8 Å². The van der Waals surface area contributed by atoms with Crippen LogP contribution in [0.4, 0.5) is 5.69 Å². The lowest BCUT2D eigenvalue weighted by Crippen LogP contribution is -2.34. The van der Waals surface area contributed by atoms with Crippen molar-refractivity contribution >= 4 is 21.6 Å². The largest absolute Gasteiger partial charge is 0.350 e. The molecule has 7 nitrogen and oxygen atoms in total. The summed E-state index contributed by atoms with van der Waals surface area (Å²) in [6, 6.07) is 16.8. The number of nitrogens with zero attached hydrogens (tertiary/aromatic N) is 1. The molecule has 0 aliphatic heterocycles. The number of amides is 1. The molecule has 1 heterocycles. The smallest absolute Gasteiger partial charge is 0.275 e. The van der Waals surface area contributed by atoms with Crippen molar-refractivity contribution < 1.29 is 13.2 Å². The van der Waals surface area contributed by atoms with Gasteiger partial charge < -0.3 is 9.88 Å². The Bertz CT molecular complexity index is 1270. The van der Waals surface area contributed by atoms with E-state index < -0.39 is 15.6 Å². The second-order valence-electron chi connectivity index (χ2n) is 7.40. The molecule has 0 atom stereocenters. The van der Waals surface area contributed by atoms with Crippen molar-refractivity contribution in [1.82, 2.24) is 9.88 Å². The molecule has 0 bridgehead atoms. The van der Waals surface area contributed by atoms with E-state index in [0.717, 1.165) is 16.7 Å². The van der Waals surface area contributed by atoms with Crippen LogP contribution in [-0.2, 0) is 27.9 Å². The molecule has 0 unspecified atom stereocenters. The number of carbonyl (C=O) groups excluding carboxylic acids is 1. The van der Waals surface area contributed by atoms with Gasteiger partial charge in [0.1, 0.15) is 12.2 Å². The fourth-order valence-electron chi connectivity index (χ4n) is 3.13. The van der Waals surface area contributed by atoms with Crippen LogP contribution in [0.25, 0.3) is 0 Å². The topological polar surface area (TPSA) is 97.3 Å². The molecule has 0 spiro atoms. The molecule has 0 radical (unpaired) electrons. The third-order valence-electron chi connectivity index (χ3n) is 4.97. The maximum absolute atomic E-state index is 12.9. The Kier molecular flexibility index (Phi) is 6.60. The van der Waals surface area contributed by atoms with Crippen LogP contribution in [0.1, 0.15) is 22.4 Å².